The van der Waals surface area contributed by atoms with E-state index in [0.717, 1.165) is 25.7 Å². The van der Waals surface area contributed by atoms with Crippen LogP contribution in [0, 0.1) is 18.7 Å². The fourth-order valence-corrected chi connectivity index (χ4v) is 4.24. The molecule has 2 fully saturated rings. The van der Waals surface area contributed by atoms with Crippen molar-refractivity contribution in [2.45, 2.75) is 45.1 Å². The molecule has 6 nitrogen and oxygen atoms in total. The molecule has 1 atom stereocenters. The number of benzene rings is 2. The van der Waals surface area contributed by atoms with Gasteiger partial charge in [-0.1, -0.05) is 31.0 Å². The first-order valence-electron chi connectivity index (χ1n) is 10.7. The predicted molar refractivity (Wildman–Crippen MR) is 116 cm³/mol. The number of carbonyl (C=O) groups is 3. The predicted octanol–water partition coefficient (Wildman–Crippen LogP) is 3.80. The summed E-state index contributed by atoms with van der Waals surface area (Å²) in [7, 11) is 0. The maximum Gasteiger partial charge on any atom is 0.253 e. The Morgan fingerprint density at radius 2 is 1.84 bits per heavy atom. The molecule has 2 aromatic rings. The zero-order valence-electron chi connectivity index (χ0n) is 17.5. The third-order valence-electron chi connectivity index (χ3n) is 6.08. The van der Waals surface area contributed by atoms with E-state index in [9.17, 15) is 18.8 Å². The molecule has 162 valence electrons. The van der Waals surface area contributed by atoms with E-state index in [1.807, 2.05) is 0 Å². The number of anilines is 2. The Morgan fingerprint density at radius 1 is 1.10 bits per heavy atom. The minimum Gasteiger partial charge on any atom is -0.349 e. The summed E-state index contributed by atoms with van der Waals surface area (Å²) in [5.74, 6) is -1.73. The zero-order valence-corrected chi connectivity index (χ0v) is 17.5. The van der Waals surface area contributed by atoms with Crippen molar-refractivity contribution in [3.05, 3.63) is 59.4 Å². The molecule has 1 aliphatic carbocycles. The second kappa shape index (κ2) is 8.88. The second-order valence-corrected chi connectivity index (χ2v) is 8.33. The van der Waals surface area contributed by atoms with Crippen LogP contribution in [-0.4, -0.2) is 30.3 Å². The quantitative estimate of drug-likeness (QED) is 0.768. The lowest BCUT2D eigenvalue weighted by Crippen LogP contribution is -2.34. The summed E-state index contributed by atoms with van der Waals surface area (Å²) < 4.78 is 13.9. The maximum absolute atomic E-state index is 13.9. The molecule has 0 aromatic heterocycles. The number of aryl methyl sites for hydroxylation is 1. The average molecular weight is 423 g/mol. The number of carbonyl (C=O) groups excluding carboxylic acids is 3. The van der Waals surface area contributed by atoms with Crippen molar-refractivity contribution in [1.82, 2.24) is 5.32 Å². The normalized spacial score (nSPS) is 19.0. The van der Waals surface area contributed by atoms with Crippen molar-refractivity contribution in [3.63, 3.8) is 0 Å². The molecule has 0 spiro atoms. The molecular formula is C24H26FN3O3. The molecule has 2 N–H and O–H groups in total. The molecule has 1 aliphatic heterocycles. The Hall–Kier alpha value is -3.22. The van der Waals surface area contributed by atoms with Crippen LogP contribution in [0.25, 0.3) is 0 Å². The third-order valence-corrected chi connectivity index (χ3v) is 6.08. The lowest BCUT2D eigenvalue weighted by atomic mass is 10.1. The molecule has 2 aliphatic rings. The number of hydrogen-bond acceptors (Lipinski definition) is 3. The Labute approximate surface area is 180 Å². The van der Waals surface area contributed by atoms with Crippen LogP contribution >= 0.6 is 0 Å². The summed E-state index contributed by atoms with van der Waals surface area (Å²) in [6.07, 6.45) is 4.21. The van der Waals surface area contributed by atoms with Crippen LogP contribution in [-0.2, 0) is 9.59 Å². The Kier molecular flexibility index (Phi) is 6.02. The van der Waals surface area contributed by atoms with E-state index in [1.165, 1.54) is 11.0 Å². The monoisotopic (exact) mass is 423 g/mol. The maximum atomic E-state index is 13.9. The number of amides is 3. The van der Waals surface area contributed by atoms with Crippen LogP contribution in [0.2, 0.25) is 0 Å². The smallest absolute Gasteiger partial charge is 0.253 e. The molecule has 2 aromatic carbocycles. The van der Waals surface area contributed by atoms with Crippen molar-refractivity contribution in [2.75, 3.05) is 16.8 Å². The highest BCUT2D eigenvalue weighted by Gasteiger charge is 2.35. The lowest BCUT2D eigenvalue weighted by molar-refractivity contribution is -0.122. The molecule has 1 heterocycles. The number of nitrogens with zero attached hydrogens (tertiary/aromatic N) is 1. The number of halogens is 1. The van der Waals surface area contributed by atoms with Crippen molar-refractivity contribution >= 4 is 29.1 Å². The van der Waals surface area contributed by atoms with Gasteiger partial charge in [-0.25, -0.2) is 4.39 Å². The van der Waals surface area contributed by atoms with Crippen LogP contribution in [0.4, 0.5) is 15.8 Å². The van der Waals surface area contributed by atoms with Crippen LogP contribution in [0.15, 0.2) is 42.5 Å². The highest BCUT2D eigenvalue weighted by atomic mass is 19.1. The molecule has 31 heavy (non-hydrogen) atoms. The lowest BCUT2D eigenvalue weighted by Gasteiger charge is -2.18. The third kappa shape index (κ3) is 4.60. The van der Waals surface area contributed by atoms with Gasteiger partial charge in [0.05, 0.1) is 17.2 Å². The SMILES string of the molecule is Cc1ccc(N2CC(C(=O)Nc3ccccc3C(=O)NC3CCCC3)CC2=O)cc1F. The number of rotatable bonds is 5. The van der Waals surface area contributed by atoms with Crippen LogP contribution < -0.4 is 15.5 Å². The Morgan fingerprint density at radius 3 is 2.58 bits per heavy atom. The molecule has 0 radical (unpaired) electrons. The van der Waals surface area contributed by atoms with Gasteiger partial charge in [0, 0.05) is 24.7 Å². The van der Waals surface area contributed by atoms with Crippen molar-refractivity contribution in [3.8, 4) is 0 Å². The largest absolute Gasteiger partial charge is 0.349 e. The standard InChI is InChI=1S/C24H26FN3O3/c1-15-10-11-18(13-20(15)25)28-14-16(12-22(28)29)23(30)27-21-9-5-4-8-19(21)24(31)26-17-6-2-3-7-17/h4-5,8-11,13,16-17H,2-3,6-7,12,14H2,1H3,(H,26,31)(H,27,30). The Balaban J connectivity index is 1.44. The van der Waals surface area contributed by atoms with Crippen LogP contribution in [0.5, 0.6) is 0 Å². The van der Waals surface area contributed by atoms with Gasteiger partial charge in [0.15, 0.2) is 0 Å². The highest BCUT2D eigenvalue weighted by molar-refractivity contribution is 6.07. The molecule has 3 amide bonds. The van der Waals surface area contributed by atoms with E-state index in [4.69, 9.17) is 0 Å². The molecule has 0 bridgehead atoms. The van der Waals surface area contributed by atoms with Gasteiger partial charge in [-0.05, 0) is 49.6 Å². The van der Waals surface area contributed by atoms with Crippen molar-refractivity contribution < 1.29 is 18.8 Å². The molecule has 7 heteroatoms. The van der Waals surface area contributed by atoms with E-state index in [-0.39, 0.29) is 42.5 Å². The number of nitrogens with one attached hydrogen (secondary N) is 2. The summed E-state index contributed by atoms with van der Waals surface area (Å²) in [4.78, 5) is 39.5. The van der Waals surface area contributed by atoms with Gasteiger partial charge in [0.2, 0.25) is 11.8 Å². The van der Waals surface area contributed by atoms with E-state index < -0.39 is 5.92 Å². The van der Waals surface area contributed by atoms with Crippen molar-refractivity contribution in [1.29, 1.82) is 0 Å². The fraction of sp³-hybridized carbons (Fsp3) is 0.375. The van der Waals surface area contributed by atoms with Gasteiger partial charge in [0.1, 0.15) is 5.82 Å². The van der Waals surface area contributed by atoms with Gasteiger partial charge in [0.25, 0.3) is 5.91 Å². The highest BCUT2D eigenvalue weighted by Crippen LogP contribution is 2.28. The molecular weight excluding hydrogens is 397 g/mol. The van der Waals surface area contributed by atoms with E-state index in [2.05, 4.69) is 10.6 Å². The first kappa shape index (κ1) is 21.0. The zero-order chi connectivity index (χ0) is 22.0. The Bertz CT molecular complexity index is 1020. The second-order valence-electron chi connectivity index (χ2n) is 8.33. The minimum absolute atomic E-state index is 0.0395. The molecule has 4 rings (SSSR count). The first-order chi connectivity index (χ1) is 14.9. The fourth-order valence-electron chi connectivity index (χ4n) is 4.24. The molecule has 1 saturated heterocycles. The topological polar surface area (TPSA) is 78.5 Å². The van der Waals surface area contributed by atoms with E-state index in [0.29, 0.717) is 22.5 Å². The van der Waals surface area contributed by atoms with E-state index >= 15 is 0 Å². The van der Waals surface area contributed by atoms with Crippen molar-refractivity contribution in [2.24, 2.45) is 5.92 Å². The number of para-hydroxylation sites is 1. The van der Waals surface area contributed by atoms with Crippen LogP contribution in [0.1, 0.15) is 48.0 Å². The molecule has 1 saturated carbocycles. The summed E-state index contributed by atoms with van der Waals surface area (Å²) in [6.45, 7) is 1.82. The van der Waals surface area contributed by atoms with Gasteiger partial charge >= 0.3 is 0 Å². The van der Waals surface area contributed by atoms with Gasteiger partial charge in [-0.15, -0.1) is 0 Å². The summed E-state index contributed by atoms with van der Waals surface area (Å²) in [6, 6.07) is 11.7. The summed E-state index contributed by atoms with van der Waals surface area (Å²) in [5.41, 5.74) is 1.77. The summed E-state index contributed by atoms with van der Waals surface area (Å²) >= 11 is 0. The average Bonchev–Trinajstić information content (AvgIpc) is 3.40. The number of hydrogen-bond donors (Lipinski definition) is 2. The van der Waals surface area contributed by atoms with Gasteiger partial charge in [-0.2, -0.15) is 0 Å². The van der Waals surface area contributed by atoms with Gasteiger partial charge in [-0.3, -0.25) is 14.4 Å². The van der Waals surface area contributed by atoms with Crippen LogP contribution in [0.3, 0.4) is 0 Å². The van der Waals surface area contributed by atoms with Gasteiger partial charge < -0.3 is 15.5 Å². The van der Waals surface area contributed by atoms with E-state index in [1.54, 1.807) is 43.3 Å². The minimum atomic E-state index is -0.581. The molecule has 1 unspecified atom stereocenters. The first-order valence-corrected chi connectivity index (χ1v) is 10.7. The summed E-state index contributed by atoms with van der Waals surface area (Å²) in [5, 5.41) is 5.85.